The third kappa shape index (κ3) is 4.25. The average Bonchev–Trinajstić information content (AvgIpc) is 3.17. The lowest BCUT2D eigenvalue weighted by Crippen LogP contribution is -2.11. The minimum atomic E-state index is -0.148. The Bertz CT molecular complexity index is 1150. The fourth-order valence-electron chi connectivity index (χ4n) is 3.11. The molecule has 4 nitrogen and oxygen atoms in total. The van der Waals surface area contributed by atoms with E-state index in [1.54, 1.807) is 12.1 Å². The van der Waals surface area contributed by atoms with Gasteiger partial charge in [0.25, 0.3) is 5.91 Å². The summed E-state index contributed by atoms with van der Waals surface area (Å²) < 4.78 is 6.86. The van der Waals surface area contributed by atoms with Gasteiger partial charge in [-0.05, 0) is 78.6 Å². The van der Waals surface area contributed by atoms with E-state index in [0.717, 1.165) is 33.2 Å². The zero-order valence-electron chi connectivity index (χ0n) is 16.3. The summed E-state index contributed by atoms with van der Waals surface area (Å²) >= 11 is 3.37. The first-order valence-corrected chi connectivity index (χ1v) is 10.4. The third-order valence-corrected chi connectivity index (χ3v) is 5.62. The maximum atomic E-state index is 12.4. The molecule has 0 fully saturated rings. The topological polar surface area (TPSA) is 55.1 Å². The number of oxazole rings is 1. The minimum Gasteiger partial charge on any atom is -0.436 e. The van der Waals surface area contributed by atoms with E-state index in [0.29, 0.717) is 17.4 Å². The van der Waals surface area contributed by atoms with Crippen molar-refractivity contribution >= 4 is 38.6 Å². The Balaban J connectivity index is 1.52. The molecule has 29 heavy (non-hydrogen) atoms. The van der Waals surface area contributed by atoms with Gasteiger partial charge in [0.1, 0.15) is 5.52 Å². The van der Waals surface area contributed by atoms with Crippen LogP contribution in [0.3, 0.4) is 0 Å². The second-order valence-electron chi connectivity index (χ2n) is 7.09. The Kier molecular flexibility index (Phi) is 5.49. The molecule has 3 aromatic carbocycles. The number of benzene rings is 3. The third-order valence-electron chi connectivity index (χ3n) is 5.09. The normalized spacial score (nSPS) is 12.1. The van der Waals surface area contributed by atoms with Gasteiger partial charge in [0.2, 0.25) is 5.89 Å². The van der Waals surface area contributed by atoms with Crippen LogP contribution < -0.4 is 5.32 Å². The molecule has 0 aliphatic rings. The van der Waals surface area contributed by atoms with Crippen molar-refractivity contribution in [3.05, 3.63) is 82.3 Å². The molecule has 1 amide bonds. The van der Waals surface area contributed by atoms with E-state index >= 15 is 0 Å². The van der Waals surface area contributed by atoms with Gasteiger partial charge in [-0.1, -0.05) is 35.8 Å². The number of hydrogen-bond donors (Lipinski definition) is 1. The van der Waals surface area contributed by atoms with E-state index < -0.39 is 0 Å². The predicted octanol–water partition coefficient (Wildman–Crippen LogP) is 7.02. The number of halogens is 1. The Labute approximate surface area is 178 Å². The maximum absolute atomic E-state index is 12.4. The lowest BCUT2D eigenvalue weighted by Gasteiger charge is -2.07. The highest BCUT2D eigenvalue weighted by Crippen LogP contribution is 2.28. The molecule has 0 bridgehead atoms. The fourth-order valence-corrected chi connectivity index (χ4v) is 3.38. The molecule has 146 valence electrons. The van der Waals surface area contributed by atoms with E-state index in [1.165, 1.54) is 5.56 Å². The summed E-state index contributed by atoms with van der Waals surface area (Å²) in [5, 5.41) is 2.90. The van der Waals surface area contributed by atoms with Gasteiger partial charge < -0.3 is 9.73 Å². The number of carbonyl (C=O) groups excluding carboxylic acids is 1. The highest BCUT2D eigenvalue weighted by atomic mass is 79.9. The van der Waals surface area contributed by atoms with E-state index in [4.69, 9.17) is 4.42 Å². The highest BCUT2D eigenvalue weighted by molar-refractivity contribution is 9.10. The van der Waals surface area contributed by atoms with Crippen molar-refractivity contribution in [2.45, 2.75) is 26.2 Å². The summed E-state index contributed by atoms with van der Waals surface area (Å²) in [5.74, 6) is 0.921. The lowest BCUT2D eigenvalue weighted by atomic mass is 9.98. The van der Waals surface area contributed by atoms with Gasteiger partial charge >= 0.3 is 0 Å². The summed E-state index contributed by atoms with van der Waals surface area (Å²) in [4.78, 5) is 17.0. The number of hydrogen-bond acceptors (Lipinski definition) is 3. The first-order valence-electron chi connectivity index (χ1n) is 9.61. The van der Waals surface area contributed by atoms with Gasteiger partial charge in [-0.25, -0.2) is 4.98 Å². The lowest BCUT2D eigenvalue weighted by molar-refractivity contribution is 0.102. The van der Waals surface area contributed by atoms with Gasteiger partial charge in [0.15, 0.2) is 5.58 Å². The molecule has 0 aliphatic heterocycles. The number of nitrogens with one attached hydrogen (secondary N) is 1. The summed E-state index contributed by atoms with van der Waals surface area (Å²) in [6.07, 6.45) is 1.09. The molecule has 0 saturated carbocycles. The number of fused-ring (bicyclic) bond motifs is 1. The van der Waals surface area contributed by atoms with E-state index in [2.05, 4.69) is 52.2 Å². The molecule has 4 rings (SSSR count). The van der Waals surface area contributed by atoms with Gasteiger partial charge in [0.05, 0.1) is 0 Å². The SMILES string of the molecule is CCC(C)c1ccc2oc(-c3ccc(NC(=O)c4ccc(Br)cc4)cc3)nc2c1. The quantitative estimate of drug-likeness (QED) is 0.356. The number of nitrogens with zero attached hydrogens (tertiary/aromatic N) is 1. The molecule has 5 heteroatoms. The monoisotopic (exact) mass is 448 g/mol. The van der Waals surface area contributed by atoms with Crippen molar-refractivity contribution in [2.75, 3.05) is 5.32 Å². The zero-order valence-corrected chi connectivity index (χ0v) is 17.9. The number of anilines is 1. The van der Waals surface area contributed by atoms with Crippen LogP contribution in [-0.2, 0) is 0 Å². The van der Waals surface area contributed by atoms with Crippen LogP contribution in [0.15, 0.2) is 75.6 Å². The second-order valence-corrected chi connectivity index (χ2v) is 8.01. The van der Waals surface area contributed by atoms with E-state index in [1.807, 2.05) is 42.5 Å². The molecule has 1 heterocycles. The molecule has 1 unspecified atom stereocenters. The van der Waals surface area contributed by atoms with Crippen LogP contribution in [0, 0.1) is 0 Å². The second kappa shape index (κ2) is 8.21. The molecular formula is C24H21BrN2O2. The van der Waals surface area contributed by atoms with Crippen LogP contribution in [-0.4, -0.2) is 10.9 Å². The molecule has 0 radical (unpaired) electrons. The largest absolute Gasteiger partial charge is 0.436 e. The van der Waals surface area contributed by atoms with Gasteiger partial charge in [-0.15, -0.1) is 0 Å². The van der Waals surface area contributed by atoms with Crippen LogP contribution in [0.1, 0.15) is 42.1 Å². The van der Waals surface area contributed by atoms with Crippen molar-refractivity contribution in [2.24, 2.45) is 0 Å². The van der Waals surface area contributed by atoms with Gasteiger partial charge in [-0.3, -0.25) is 4.79 Å². The van der Waals surface area contributed by atoms with E-state index in [-0.39, 0.29) is 5.91 Å². The van der Waals surface area contributed by atoms with Crippen molar-refractivity contribution in [3.63, 3.8) is 0 Å². The van der Waals surface area contributed by atoms with Crippen LogP contribution in [0.5, 0.6) is 0 Å². The number of rotatable bonds is 5. The number of aromatic nitrogens is 1. The molecule has 0 aliphatic carbocycles. The van der Waals surface area contributed by atoms with Crippen molar-refractivity contribution in [1.29, 1.82) is 0 Å². The summed E-state index contributed by atoms with van der Waals surface area (Å²) in [6.45, 7) is 4.39. The van der Waals surface area contributed by atoms with Gasteiger partial charge in [-0.2, -0.15) is 0 Å². The van der Waals surface area contributed by atoms with Crippen molar-refractivity contribution < 1.29 is 9.21 Å². The fraction of sp³-hybridized carbons (Fsp3) is 0.167. The molecule has 1 atom stereocenters. The summed E-state index contributed by atoms with van der Waals surface area (Å²) in [5.41, 5.74) is 5.11. The van der Waals surface area contributed by atoms with Crippen molar-refractivity contribution in [1.82, 2.24) is 4.98 Å². The molecule has 0 spiro atoms. The Morgan fingerprint density at radius 3 is 2.48 bits per heavy atom. The summed E-state index contributed by atoms with van der Waals surface area (Å²) in [6, 6.07) is 20.9. The Hall–Kier alpha value is -2.92. The molecule has 1 aromatic heterocycles. The predicted molar refractivity (Wildman–Crippen MR) is 120 cm³/mol. The van der Waals surface area contributed by atoms with Crippen LogP contribution in [0.25, 0.3) is 22.6 Å². The standard InChI is InChI=1S/C24H21BrN2O2/c1-3-15(2)18-8-13-22-21(14-18)27-24(29-22)17-6-11-20(12-7-17)26-23(28)16-4-9-19(25)10-5-16/h4-15H,3H2,1-2H3,(H,26,28). The van der Waals surface area contributed by atoms with Crippen LogP contribution in [0.2, 0.25) is 0 Å². The van der Waals surface area contributed by atoms with Crippen LogP contribution >= 0.6 is 15.9 Å². The highest BCUT2D eigenvalue weighted by Gasteiger charge is 2.12. The zero-order chi connectivity index (χ0) is 20.4. The van der Waals surface area contributed by atoms with E-state index in [9.17, 15) is 4.79 Å². The summed E-state index contributed by atoms with van der Waals surface area (Å²) in [7, 11) is 0. The van der Waals surface area contributed by atoms with Crippen LogP contribution in [0.4, 0.5) is 5.69 Å². The average molecular weight is 449 g/mol. The molecule has 4 aromatic rings. The van der Waals surface area contributed by atoms with Gasteiger partial charge in [0, 0.05) is 21.3 Å². The Morgan fingerprint density at radius 1 is 1.07 bits per heavy atom. The number of amides is 1. The molecule has 1 N–H and O–H groups in total. The molecular weight excluding hydrogens is 428 g/mol. The smallest absolute Gasteiger partial charge is 0.255 e. The first-order chi connectivity index (χ1) is 14.0. The first kappa shape index (κ1) is 19.4. The van der Waals surface area contributed by atoms with Crippen molar-refractivity contribution in [3.8, 4) is 11.5 Å². The number of carbonyl (C=O) groups is 1. The maximum Gasteiger partial charge on any atom is 0.255 e. The molecule has 0 saturated heterocycles. The Morgan fingerprint density at radius 2 is 1.79 bits per heavy atom. The minimum absolute atomic E-state index is 0.148.